The molecule has 0 aliphatic heterocycles. The molecule has 0 saturated heterocycles. The van der Waals surface area contributed by atoms with E-state index in [4.69, 9.17) is 4.74 Å². The summed E-state index contributed by atoms with van der Waals surface area (Å²) in [6.07, 6.45) is 0.225. The molecule has 1 amide bonds. The molecule has 0 aliphatic rings. The van der Waals surface area contributed by atoms with E-state index < -0.39 is 0 Å². The molecule has 29 heavy (non-hydrogen) atoms. The molecule has 1 aromatic heterocycles. The van der Waals surface area contributed by atoms with Crippen molar-refractivity contribution >= 4 is 33.4 Å². The van der Waals surface area contributed by atoms with Gasteiger partial charge in [0.2, 0.25) is 0 Å². The number of hydrogen-bond acceptors (Lipinski definition) is 4. The predicted octanol–water partition coefficient (Wildman–Crippen LogP) is 4.29. The first-order valence-electron chi connectivity index (χ1n) is 9.62. The Kier molecular flexibility index (Phi) is 6.33. The zero-order valence-corrected chi connectivity index (χ0v) is 18.3. The van der Waals surface area contributed by atoms with Crippen LogP contribution in [0.2, 0.25) is 0 Å². The second-order valence-corrected chi connectivity index (χ2v) is 8.54. The van der Waals surface area contributed by atoms with Crippen LogP contribution in [0.15, 0.2) is 41.4 Å². The summed E-state index contributed by atoms with van der Waals surface area (Å²) in [6.45, 7) is 8.37. The third-order valence-electron chi connectivity index (χ3n) is 5.04. The van der Waals surface area contributed by atoms with E-state index in [1.165, 1.54) is 24.0 Å². The van der Waals surface area contributed by atoms with Gasteiger partial charge in [0.05, 0.1) is 23.7 Å². The smallest absolute Gasteiger partial charge is 0.325 e. The summed E-state index contributed by atoms with van der Waals surface area (Å²) in [7, 11) is 1.36. The average molecular weight is 411 g/mol. The highest BCUT2D eigenvalue weighted by Gasteiger charge is 2.13. The normalized spacial score (nSPS) is 12.0. The first-order chi connectivity index (χ1) is 13.8. The van der Waals surface area contributed by atoms with Gasteiger partial charge in [-0.1, -0.05) is 49.4 Å². The fourth-order valence-electron chi connectivity index (χ4n) is 3.09. The Bertz CT molecular complexity index is 1120. The molecular weight excluding hydrogens is 384 g/mol. The molecule has 5 nitrogen and oxygen atoms in total. The zero-order chi connectivity index (χ0) is 21.1. The first-order valence-corrected chi connectivity index (χ1v) is 10.4. The highest BCUT2D eigenvalue weighted by atomic mass is 32.1. The molecular formula is C23H26N2O3S. The van der Waals surface area contributed by atoms with E-state index >= 15 is 0 Å². The molecule has 0 fully saturated rings. The number of methoxy groups -OCH3 is 1. The Morgan fingerprint density at radius 1 is 1.10 bits per heavy atom. The van der Waals surface area contributed by atoms with Crippen molar-refractivity contribution < 1.29 is 14.3 Å². The summed E-state index contributed by atoms with van der Waals surface area (Å²) < 4.78 is 7.58. The van der Waals surface area contributed by atoms with Gasteiger partial charge in [0.25, 0.3) is 5.91 Å². The van der Waals surface area contributed by atoms with Crippen molar-refractivity contribution in [3.05, 3.63) is 63.5 Å². The van der Waals surface area contributed by atoms with Crippen LogP contribution in [0.1, 0.15) is 42.0 Å². The summed E-state index contributed by atoms with van der Waals surface area (Å²) in [5, 5.41) is 0. The van der Waals surface area contributed by atoms with Gasteiger partial charge in [-0.25, -0.2) is 0 Å². The Hall–Kier alpha value is -2.73. The molecule has 6 heteroatoms. The van der Waals surface area contributed by atoms with Crippen molar-refractivity contribution in [2.75, 3.05) is 7.11 Å². The van der Waals surface area contributed by atoms with E-state index in [0.29, 0.717) is 10.7 Å². The van der Waals surface area contributed by atoms with Gasteiger partial charge in [-0.15, -0.1) is 0 Å². The van der Waals surface area contributed by atoms with Gasteiger partial charge < -0.3 is 9.30 Å². The molecule has 3 rings (SSSR count). The molecule has 2 aromatic carbocycles. The Morgan fingerprint density at radius 3 is 2.38 bits per heavy atom. The van der Waals surface area contributed by atoms with Crippen molar-refractivity contribution in [1.82, 2.24) is 4.57 Å². The minimum absolute atomic E-state index is 0.0220. The molecule has 152 valence electrons. The van der Waals surface area contributed by atoms with E-state index in [9.17, 15) is 9.59 Å². The van der Waals surface area contributed by atoms with Gasteiger partial charge in [-0.3, -0.25) is 9.59 Å². The molecule has 0 spiro atoms. The summed E-state index contributed by atoms with van der Waals surface area (Å²) in [4.78, 5) is 29.4. The molecule has 0 aliphatic carbocycles. The molecule has 0 N–H and O–H groups in total. The van der Waals surface area contributed by atoms with Crippen molar-refractivity contribution in [3.8, 4) is 0 Å². The number of carbonyl (C=O) groups is 2. The highest BCUT2D eigenvalue weighted by Crippen LogP contribution is 2.22. The van der Waals surface area contributed by atoms with E-state index in [2.05, 4.69) is 37.0 Å². The maximum absolute atomic E-state index is 12.6. The van der Waals surface area contributed by atoms with Crippen LogP contribution in [0.3, 0.4) is 0 Å². The standard InChI is InChI=1S/C23H26N2O3S/c1-14(2)18-8-6-17(7-9-18)12-21(26)24-23-25(13-22(27)28-5)19-10-15(3)16(4)11-20(19)29-23/h6-11,14H,12-13H2,1-5H3. The maximum Gasteiger partial charge on any atom is 0.325 e. The van der Waals surface area contributed by atoms with Crippen LogP contribution in [-0.2, 0) is 27.3 Å². The van der Waals surface area contributed by atoms with Gasteiger partial charge >= 0.3 is 5.97 Å². The van der Waals surface area contributed by atoms with Gasteiger partial charge in [0.15, 0.2) is 4.80 Å². The molecule has 0 bridgehead atoms. The van der Waals surface area contributed by atoms with E-state index in [1.807, 2.05) is 32.0 Å². The second-order valence-electron chi connectivity index (χ2n) is 7.53. The lowest BCUT2D eigenvalue weighted by Crippen LogP contribution is -2.22. The third kappa shape index (κ3) is 4.82. The number of nitrogens with zero attached hydrogens (tertiary/aromatic N) is 2. The predicted molar refractivity (Wildman–Crippen MR) is 116 cm³/mol. The van der Waals surface area contributed by atoms with Crippen molar-refractivity contribution in [2.24, 2.45) is 4.99 Å². The zero-order valence-electron chi connectivity index (χ0n) is 17.5. The molecule has 0 radical (unpaired) electrons. The molecule has 0 unspecified atom stereocenters. The monoisotopic (exact) mass is 410 g/mol. The number of ether oxygens (including phenoxy) is 1. The van der Waals surface area contributed by atoms with E-state index in [0.717, 1.165) is 26.9 Å². The number of aryl methyl sites for hydroxylation is 2. The summed E-state index contributed by atoms with van der Waals surface area (Å²) in [5.41, 5.74) is 5.33. The van der Waals surface area contributed by atoms with Crippen LogP contribution in [0.25, 0.3) is 10.2 Å². The number of rotatable bonds is 5. The quantitative estimate of drug-likeness (QED) is 0.590. The van der Waals surface area contributed by atoms with Crippen molar-refractivity contribution in [3.63, 3.8) is 0 Å². The van der Waals surface area contributed by atoms with E-state index in [1.54, 1.807) is 4.57 Å². The number of benzene rings is 2. The number of hydrogen-bond donors (Lipinski definition) is 0. The largest absolute Gasteiger partial charge is 0.468 e. The fourth-order valence-corrected chi connectivity index (χ4v) is 4.22. The SMILES string of the molecule is COC(=O)Cn1c(=NC(=O)Cc2ccc(C(C)C)cc2)sc2cc(C)c(C)cc21. The molecule has 3 aromatic rings. The minimum Gasteiger partial charge on any atom is -0.468 e. The second kappa shape index (κ2) is 8.74. The van der Waals surface area contributed by atoms with Crippen molar-refractivity contribution in [1.29, 1.82) is 0 Å². The Balaban J connectivity index is 1.97. The number of esters is 1. The lowest BCUT2D eigenvalue weighted by Gasteiger charge is -2.06. The van der Waals surface area contributed by atoms with Gasteiger partial charge in [-0.05, 0) is 54.2 Å². The summed E-state index contributed by atoms with van der Waals surface area (Å²) >= 11 is 1.41. The average Bonchev–Trinajstić information content (AvgIpc) is 2.98. The van der Waals surface area contributed by atoms with Crippen LogP contribution < -0.4 is 4.80 Å². The Morgan fingerprint density at radius 2 is 1.76 bits per heavy atom. The van der Waals surface area contributed by atoms with Crippen LogP contribution >= 0.6 is 11.3 Å². The van der Waals surface area contributed by atoms with Gasteiger partial charge in [0.1, 0.15) is 6.54 Å². The number of amides is 1. The van der Waals surface area contributed by atoms with Crippen LogP contribution in [-0.4, -0.2) is 23.6 Å². The van der Waals surface area contributed by atoms with Crippen LogP contribution in [0.4, 0.5) is 0 Å². The number of carbonyl (C=O) groups excluding carboxylic acids is 2. The lowest BCUT2D eigenvalue weighted by atomic mass is 10.0. The van der Waals surface area contributed by atoms with Crippen LogP contribution in [0.5, 0.6) is 0 Å². The topological polar surface area (TPSA) is 60.7 Å². The fraction of sp³-hybridized carbons (Fsp3) is 0.348. The van der Waals surface area contributed by atoms with E-state index in [-0.39, 0.29) is 24.8 Å². The molecule has 0 saturated carbocycles. The van der Waals surface area contributed by atoms with Crippen molar-refractivity contribution in [2.45, 2.75) is 46.6 Å². The number of fused-ring (bicyclic) bond motifs is 1. The lowest BCUT2D eigenvalue weighted by molar-refractivity contribution is -0.141. The summed E-state index contributed by atoms with van der Waals surface area (Å²) in [5.74, 6) is -0.158. The summed E-state index contributed by atoms with van der Waals surface area (Å²) in [6, 6.07) is 12.1. The van der Waals surface area contributed by atoms with Gasteiger partial charge in [0, 0.05) is 0 Å². The number of thiazole rings is 1. The third-order valence-corrected chi connectivity index (χ3v) is 6.08. The highest BCUT2D eigenvalue weighted by molar-refractivity contribution is 7.16. The maximum atomic E-state index is 12.6. The first kappa shape index (κ1) is 21.0. The number of aromatic nitrogens is 1. The molecule has 0 atom stereocenters. The molecule has 1 heterocycles. The van der Waals surface area contributed by atoms with Gasteiger partial charge in [-0.2, -0.15) is 4.99 Å². The Labute approximate surface area is 174 Å². The minimum atomic E-state index is -0.374. The van der Waals surface area contributed by atoms with Crippen LogP contribution in [0, 0.1) is 13.8 Å².